The van der Waals surface area contributed by atoms with E-state index < -0.39 is 36.2 Å². The van der Waals surface area contributed by atoms with Gasteiger partial charge in [-0.1, -0.05) is 12.1 Å². The van der Waals surface area contributed by atoms with Crippen molar-refractivity contribution in [2.75, 3.05) is 32.7 Å². The lowest BCUT2D eigenvalue weighted by Crippen LogP contribution is -2.43. The van der Waals surface area contributed by atoms with Gasteiger partial charge in [0.2, 0.25) is 5.91 Å². The molecule has 10 nitrogen and oxygen atoms in total. The van der Waals surface area contributed by atoms with Gasteiger partial charge in [0.15, 0.2) is 18.1 Å². The molecule has 0 aromatic heterocycles. The molecule has 1 saturated heterocycles. The van der Waals surface area contributed by atoms with E-state index in [2.05, 4.69) is 10.7 Å². The molecule has 3 rings (SSSR count). The number of hydrogen-bond acceptors (Lipinski definition) is 7. The van der Waals surface area contributed by atoms with Gasteiger partial charge in [0.25, 0.3) is 11.8 Å². The highest BCUT2D eigenvalue weighted by Gasteiger charge is 2.36. The van der Waals surface area contributed by atoms with Crippen LogP contribution in [-0.4, -0.2) is 56.1 Å². The zero-order valence-corrected chi connectivity index (χ0v) is 19.5. The molecule has 0 unspecified atom stereocenters. The largest absolute Gasteiger partial charge is 0.493 e. The summed E-state index contributed by atoms with van der Waals surface area (Å²) in [6.45, 7) is 3.22. The van der Waals surface area contributed by atoms with Gasteiger partial charge in [-0.25, -0.2) is 0 Å². The predicted octanol–water partition coefficient (Wildman–Crippen LogP) is 2.00. The van der Waals surface area contributed by atoms with Crippen molar-refractivity contribution in [1.29, 1.82) is 0 Å². The number of amides is 3. The fourth-order valence-corrected chi connectivity index (χ4v) is 3.45. The van der Waals surface area contributed by atoms with Crippen LogP contribution in [0.5, 0.6) is 11.5 Å². The summed E-state index contributed by atoms with van der Waals surface area (Å²) in [7, 11) is 2.93. The Kier molecular flexibility index (Phi) is 7.72. The van der Waals surface area contributed by atoms with E-state index in [4.69, 9.17) is 14.2 Å². The summed E-state index contributed by atoms with van der Waals surface area (Å²) in [6, 6.07) is 10.2. The Labute approximate surface area is 197 Å². The number of ether oxygens (including phenoxy) is 3. The van der Waals surface area contributed by atoms with Crippen molar-refractivity contribution in [2.24, 2.45) is 5.92 Å². The minimum atomic E-state index is -0.799. The number of esters is 1. The first-order valence-electron chi connectivity index (χ1n) is 10.6. The van der Waals surface area contributed by atoms with Crippen LogP contribution < -0.4 is 20.2 Å². The van der Waals surface area contributed by atoms with Gasteiger partial charge in [-0.15, -0.1) is 0 Å². The molecule has 0 radical (unpaired) electrons. The molecule has 1 aliphatic heterocycles. The molecule has 34 heavy (non-hydrogen) atoms. The van der Waals surface area contributed by atoms with Crippen molar-refractivity contribution in [3.8, 4) is 11.5 Å². The van der Waals surface area contributed by atoms with Crippen LogP contribution in [0.25, 0.3) is 0 Å². The molecule has 0 aliphatic carbocycles. The number of aryl methyl sites for hydroxylation is 2. The molecule has 0 bridgehead atoms. The van der Waals surface area contributed by atoms with Crippen molar-refractivity contribution in [3.63, 3.8) is 0 Å². The number of carbonyl (C=O) groups excluding carboxylic acids is 4. The minimum Gasteiger partial charge on any atom is -0.493 e. The number of nitrogens with zero attached hydrogens (tertiary/aromatic N) is 1. The van der Waals surface area contributed by atoms with E-state index in [1.165, 1.54) is 26.4 Å². The maximum atomic E-state index is 12.6. The average Bonchev–Trinajstić information content (AvgIpc) is 3.19. The van der Waals surface area contributed by atoms with Gasteiger partial charge in [0.1, 0.15) is 0 Å². The quantitative estimate of drug-likeness (QED) is 0.567. The van der Waals surface area contributed by atoms with Crippen LogP contribution in [0.2, 0.25) is 0 Å². The summed E-state index contributed by atoms with van der Waals surface area (Å²) in [5.41, 5.74) is 5.24. The standard InChI is InChI=1S/C24H27N3O7/c1-14-5-6-15(2)18(9-14)25-21(28)13-34-24(31)17-11-22(29)27(12-17)26-23(30)16-7-8-19(32-3)20(10-16)33-4/h5-10,17H,11-13H2,1-4H3,(H,25,28)(H,26,30)/t17-/m0/s1. The third-order valence-corrected chi connectivity index (χ3v) is 5.35. The summed E-state index contributed by atoms with van der Waals surface area (Å²) in [5.74, 6) is -2.12. The highest BCUT2D eigenvalue weighted by molar-refractivity contribution is 5.97. The molecular weight excluding hydrogens is 442 g/mol. The zero-order valence-electron chi connectivity index (χ0n) is 19.5. The van der Waals surface area contributed by atoms with E-state index in [1.54, 1.807) is 6.07 Å². The first-order valence-corrected chi connectivity index (χ1v) is 10.6. The Morgan fingerprint density at radius 1 is 1.03 bits per heavy atom. The first kappa shape index (κ1) is 24.6. The van der Waals surface area contributed by atoms with Crippen LogP contribution in [0.1, 0.15) is 27.9 Å². The fraction of sp³-hybridized carbons (Fsp3) is 0.333. The third-order valence-electron chi connectivity index (χ3n) is 5.35. The highest BCUT2D eigenvalue weighted by atomic mass is 16.5. The Balaban J connectivity index is 1.52. The Hall–Kier alpha value is -4.08. The normalized spacial score (nSPS) is 15.0. The van der Waals surface area contributed by atoms with Crippen LogP contribution in [0.4, 0.5) is 5.69 Å². The molecule has 2 aromatic carbocycles. The van der Waals surface area contributed by atoms with E-state index >= 15 is 0 Å². The molecule has 2 aromatic rings. The summed E-state index contributed by atoms with van der Waals surface area (Å²) >= 11 is 0. The Bertz CT molecular complexity index is 1120. The van der Waals surface area contributed by atoms with Crippen molar-refractivity contribution in [2.45, 2.75) is 20.3 Å². The molecular formula is C24H27N3O7. The second-order valence-corrected chi connectivity index (χ2v) is 7.89. The second kappa shape index (κ2) is 10.7. The van der Waals surface area contributed by atoms with Gasteiger partial charge in [-0.05, 0) is 49.2 Å². The second-order valence-electron chi connectivity index (χ2n) is 7.89. The fourth-order valence-electron chi connectivity index (χ4n) is 3.45. The maximum absolute atomic E-state index is 12.6. The van der Waals surface area contributed by atoms with E-state index in [9.17, 15) is 19.2 Å². The zero-order chi connectivity index (χ0) is 24.8. The van der Waals surface area contributed by atoms with Gasteiger partial charge in [0, 0.05) is 17.7 Å². The van der Waals surface area contributed by atoms with Crippen LogP contribution in [0.15, 0.2) is 36.4 Å². The number of hydrogen-bond donors (Lipinski definition) is 2. The number of anilines is 1. The van der Waals surface area contributed by atoms with Crippen LogP contribution in [0, 0.1) is 19.8 Å². The molecule has 10 heteroatoms. The first-order chi connectivity index (χ1) is 16.2. The summed E-state index contributed by atoms with van der Waals surface area (Å²) in [5, 5.41) is 3.78. The molecule has 0 saturated carbocycles. The minimum absolute atomic E-state index is 0.0602. The summed E-state index contributed by atoms with van der Waals surface area (Å²) in [6.07, 6.45) is -0.135. The highest BCUT2D eigenvalue weighted by Crippen LogP contribution is 2.27. The van der Waals surface area contributed by atoms with Crippen molar-refractivity contribution >= 4 is 29.4 Å². The third kappa shape index (κ3) is 5.83. The van der Waals surface area contributed by atoms with Crippen LogP contribution in [0.3, 0.4) is 0 Å². The number of rotatable bonds is 8. The maximum Gasteiger partial charge on any atom is 0.311 e. The number of nitrogens with one attached hydrogen (secondary N) is 2. The molecule has 180 valence electrons. The summed E-state index contributed by atoms with van der Waals surface area (Å²) < 4.78 is 15.4. The lowest BCUT2D eigenvalue weighted by atomic mass is 10.1. The number of benzene rings is 2. The number of hydrazine groups is 1. The Morgan fingerprint density at radius 2 is 1.76 bits per heavy atom. The van der Waals surface area contributed by atoms with Crippen LogP contribution >= 0.6 is 0 Å². The van der Waals surface area contributed by atoms with Crippen molar-refractivity contribution in [1.82, 2.24) is 10.4 Å². The van der Waals surface area contributed by atoms with E-state index in [0.717, 1.165) is 16.1 Å². The van der Waals surface area contributed by atoms with Gasteiger partial charge in [-0.2, -0.15) is 0 Å². The average molecular weight is 469 g/mol. The van der Waals surface area contributed by atoms with Crippen molar-refractivity contribution < 1.29 is 33.4 Å². The smallest absolute Gasteiger partial charge is 0.311 e. The van der Waals surface area contributed by atoms with Gasteiger partial charge in [-0.3, -0.25) is 29.6 Å². The topological polar surface area (TPSA) is 123 Å². The predicted molar refractivity (Wildman–Crippen MR) is 122 cm³/mol. The molecule has 1 fully saturated rings. The Morgan fingerprint density at radius 3 is 2.47 bits per heavy atom. The SMILES string of the molecule is COc1ccc(C(=O)NN2C[C@@H](C(=O)OCC(=O)Nc3cc(C)ccc3C)CC2=O)cc1OC. The van der Waals surface area contributed by atoms with Crippen LogP contribution in [-0.2, 0) is 19.1 Å². The number of carbonyl (C=O) groups is 4. The molecule has 1 aliphatic rings. The molecule has 0 spiro atoms. The van der Waals surface area contributed by atoms with Gasteiger partial charge >= 0.3 is 5.97 Å². The summed E-state index contributed by atoms with van der Waals surface area (Å²) in [4.78, 5) is 49.5. The lowest BCUT2D eigenvalue weighted by molar-refractivity contribution is -0.151. The molecule has 1 atom stereocenters. The molecule has 2 N–H and O–H groups in total. The number of methoxy groups -OCH3 is 2. The van der Waals surface area contributed by atoms with Gasteiger partial charge in [0.05, 0.1) is 26.7 Å². The molecule has 1 heterocycles. The van der Waals surface area contributed by atoms with Gasteiger partial charge < -0.3 is 19.5 Å². The molecule has 3 amide bonds. The lowest BCUT2D eigenvalue weighted by Gasteiger charge is -2.18. The van der Waals surface area contributed by atoms with E-state index in [1.807, 2.05) is 32.0 Å². The van der Waals surface area contributed by atoms with Crippen molar-refractivity contribution in [3.05, 3.63) is 53.1 Å². The monoisotopic (exact) mass is 469 g/mol. The van der Waals surface area contributed by atoms with E-state index in [-0.39, 0.29) is 18.5 Å². The van der Waals surface area contributed by atoms with E-state index in [0.29, 0.717) is 17.2 Å².